The zero-order valence-electron chi connectivity index (χ0n) is 11.9. The van der Waals surface area contributed by atoms with Crippen molar-refractivity contribution in [3.05, 3.63) is 46.1 Å². The number of allylic oxidation sites excluding steroid dienone is 2. The molecule has 2 aliphatic carbocycles. The van der Waals surface area contributed by atoms with Crippen molar-refractivity contribution < 1.29 is 0 Å². The molecule has 2 atom stereocenters. The van der Waals surface area contributed by atoms with Gasteiger partial charge < -0.3 is 5.73 Å². The van der Waals surface area contributed by atoms with Crippen LogP contribution in [0.15, 0.2) is 29.8 Å². The lowest BCUT2D eigenvalue weighted by Gasteiger charge is -2.35. The first-order valence-corrected chi connectivity index (χ1v) is 7.54. The molecule has 4 heteroatoms. The highest BCUT2D eigenvalue weighted by Crippen LogP contribution is 2.46. The van der Waals surface area contributed by atoms with Crippen LogP contribution in [-0.2, 0) is 6.42 Å². The van der Waals surface area contributed by atoms with Gasteiger partial charge in [0.05, 0.1) is 5.52 Å². The monoisotopic (exact) mass is 320 g/mol. The van der Waals surface area contributed by atoms with Gasteiger partial charge in [-0.25, -0.2) is 0 Å². The number of hydrogen-bond donors (Lipinski definition) is 1. The standard InChI is InChI=1S/C17H17ClN2.ClH/c1-9-4-10-6-11(5-9)16-15(7-10)20-14-8-12(18)2-3-13(14)17(16)19;/h2-4,8,10-11H,5-7H2,1H3,(H2,19,20);1H/t10-,11+;/m1./s1. The summed E-state index contributed by atoms with van der Waals surface area (Å²) in [5, 5.41) is 1.76. The number of pyridine rings is 1. The minimum Gasteiger partial charge on any atom is -0.398 e. The Morgan fingerprint density at radius 2 is 2.10 bits per heavy atom. The maximum Gasteiger partial charge on any atom is 0.0741 e. The van der Waals surface area contributed by atoms with E-state index in [0.29, 0.717) is 11.8 Å². The SMILES string of the molecule is CC1=C[C@H]2Cc3nc4cc(Cl)ccc4c(N)c3[C@@H](C1)C2.Cl. The smallest absolute Gasteiger partial charge is 0.0741 e. The van der Waals surface area contributed by atoms with Crippen molar-refractivity contribution in [1.29, 1.82) is 0 Å². The molecule has 1 heterocycles. The average Bonchev–Trinajstić information content (AvgIpc) is 2.36. The molecular weight excluding hydrogens is 303 g/mol. The van der Waals surface area contributed by atoms with E-state index in [1.54, 1.807) is 0 Å². The number of rotatable bonds is 0. The van der Waals surface area contributed by atoms with E-state index in [9.17, 15) is 0 Å². The van der Waals surface area contributed by atoms with E-state index in [-0.39, 0.29) is 12.4 Å². The number of fused-ring (bicyclic) bond motifs is 5. The first kappa shape index (κ1) is 14.7. The van der Waals surface area contributed by atoms with Gasteiger partial charge in [-0.1, -0.05) is 23.3 Å². The third-order valence-electron chi connectivity index (χ3n) is 4.65. The van der Waals surface area contributed by atoms with Crippen molar-refractivity contribution in [2.24, 2.45) is 5.92 Å². The second-order valence-corrected chi connectivity index (χ2v) is 6.60. The highest BCUT2D eigenvalue weighted by atomic mass is 35.5. The maximum atomic E-state index is 6.47. The highest BCUT2D eigenvalue weighted by molar-refractivity contribution is 6.31. The predicted molar refractivity (Wildman–Crippen MR) is 91.3 cm³/mol. The Balaban J connectivity index is 0.00000132. The number of nitrogens with zero attached hydrogens (tertiary/aromatic N) is 1. The van der Waals surface area contributed by atoms with Crippen LogP contribution < -0.4 is 5.73 Å². The van der Waals surface area contributed by atoms with Crippen molar-refractivity contribution in [2.45, 2.75) is 32.1 Å². The summed E-state index contributed by atoms with van der Waals surface area (Å²) in [5.74, 6) is 1.17. The average molecular weight is 321 g/mol. The van der Waals surface area contributed by atoms with Crippen molar-refractivity contribution in [3.63, 3.8) is 0 Å². The van der Waals surface area contributed by atoms with E-state index in [4.69, 9.17) is 22.3 Å². The molecule has 0 spiro atoms. The van der Waals surface area contributed by atoms with E-state index < -0.39 is 0 Å². The predicted octanol–water partition coefficient (Wildman–Crippen LogP) is 4.89. The normalized spacial score (nSPS) is 23.2. The lowest BCUT2D eigenvalue weighted by molar-refractivity contribution is 0.433. The van der Waals surface area contributed by atoms with Gasteiger partial charge in [0, 0.05) is 27.4 Å². The minimum absolute atomic E-state index is 0. The molecule has 0 fully saturated rings. The van der Waals surface area contributed by atoms with Gasteiger partial charge in [-0.15, -0.1) is 12.4 Å². The number of nitrogens with two attached hydrogens (primary N) is 1. The van der Waals surface area contributed by atoms with Crippen LogP contribution in [0.3, 0.4) is 0 Å². The molecule has 110 valence electrons. The van der Waals surface area contributed by atoms with Gasteiger partial charge in [-0.05, 0) is 56.2 Å². The highest BCUT2D eigenvalue weighted by Gasteiger charge is 2.32. The van der Waals surface area contributed by atoms with E-state index in [0.717, 1.165) is 34.5 Å². The molecular formula is C17H18Cl2N2. The van der Waals surface area contributed by atoms with Crippen molar-refractivity contribution in [2.75, 3.05) is 5.73 Å². The van der Waals surface area contributed by atoms with Gasteiger partial charge >= 0.3 is 0 Å². The van der Waals surface area contributed by atoms with Crippen molar-refractivity contribution in [3.8, 4) is 0 Å². The summed E-state index contributed by atoms with van der Waals surface area (Å²) in [6.07, 6.45) is 5.76. The van der Waals surface area contributed by atoms with Gasteiger partial charge in [0.15, 0.2) is 0 Å². The quantitative estimate of drug-likeness (QED) is 0.702. The third kappa shape index (κ3) is 2.31. The first-order chi connectivity index (χ1) is 9.61. The second kappa shape index (κ2) is 5.19. The third-order valence-corrected chi connectivity index (χ3v) is 4.88. The second-order valence-electron chi connectivity index (χ2n) is 6.16. The fraction of sp³-hybridized carbons (Fsp3) is 0.353. The van der Waals surface area contributed by atoms with E-state index in [1.165, 1.54) is 23.3 Å². The van der Waals surface area contributed by atoms with E-state index in [2.05, 4.69) is 13.0 Å². The Bertz CT molecular complexity index is 752. The Morgan fingerprint density at radius 1 is 1.29 bits per heavy atom. The van der Waals surface area contributed by atoms with Gasteiger partial charge in [-0.3, -0.25) is 4.98 Å². The van der Waals surface area contributed by atoms with E-state index in [1.807, 2.05) is 18.2 Å². The van der Waals surface area contributed by atoms with Gasteiger partial charge in [0.2, 0.25) is 0 Å². The van der Waals surface area contributed by atoms with Crippen LogP contribution in [0.2, 0.25) is 5.02 Å². The molecule has 1 aromatic carbocycles. The summed E-state index contributed by atoms with van der Waals surface area (Å²) in [5.41, 5.74) is 12.3. The van der Waals surface area contributed by atoms with Crippen LogP contribution >= 0.6 is 24.0 Å². The van der Waals surface area contributed by atoms with Gasteiger partial charge in [-0.2, -0.15) is 0 Å². The molecule has 0 amide bonds. The van der Waals surface area contributed by atoms with Crippen LogP contribution in [-0.4, -0.2) is 4.98 Å². The Hall–Kier alpha value is -1.25. The molecule has 21 heavy (non-hydrogen) atoms. The minimum atomic E-state index is 0. The van der Waals surface area contributed by atoms with Gasteiger partial charge in [0.1, 0.15) is 0 Å². The molecule has 0 radical (unpaired) electrons. The lowest BCUT2D eigenvalue weighted by Crippen LogP contribution is -2.24. The summed E-state index contributed by atoms with van der Waals surface area (Å²) in [6.45, 7) is 2.23. The maximum absolute atomic E-state index is 6.47. The van der Waals surface area contributed by atoms with Crippen LogP contribution in [0.5, 0.6) is 0 Å². The Labute approximate surface area is 135 Å². The summed E-state index contributed by atoms with van der Waals surface area (Å²) in [6, 6.07) is 5.81. The molecule has 0 saturated heterocycles. The molecule has 2 aromatic rings. The zero-order chi connectivity index (χ0) is 13.9. The van der Waals surface area contributed by atoms with Crippen molar-refractivity contribution >= 4 is 40.6 Å². The van der Waals surface area contributed by atoms with Crippen LogP contribution in [0.1, 0.15) is 36.9 Å². The van der Waals surface area contributed by atoms with Crippen molar-refractivity contribution in [1.82, 2.24) is 4.98 Å². The number of benzene rings is 1. The van der Waals surface area contributed by atoms with Gasteiger partial charge in [0.25, 0.3) is 0 Å². The molecule has 2 N–H and O–H groups in total. The van der Waals surface area contributed by atoms with Crippen LogP contribution in [0.25, 0.3) is 10.9 Å². The fourth-order valence-corrected chi connectivity index (χ4v) is 4.10. The van der Waals surface area contributed by atoms with Crippen LogP contribution in [0, 0.1) is 5.92 Å². The number of halogens is 2. The summed E-state index contributed by atoms with van der Waals surface area (Å²) in [7, 11) is 0. The molecule has 1 aromatic heterocycles. The Morgan fingerprint density at radius 3 is 2.90 bits per heavy atom. The van der Waals surface area contributed by atoms with Crippen LogP contribution in [0.4, 0.5) is 5.69 Å². The molecule has 0 saturated carbocycles. The lowest BCUT2D eigenvalue weighted by atomic mass is 9.71. The molecule has 2 bridgehead atoms. The zero-order valence-corrected chi connectivity index (χ0v) is 13.5. The molecule has 2 aliphatic rings. The molecule has 4 rings (SSSR count). The summed E-state index contributed by atoms with van der Waals surface area (Å²) >= 11 is 6.08. The topological polar surface area (TPSA) is 38.9 Å². The first-order valence-electron chi connectivity index (χ1n) is 7.16. The Kier molecular flexibility index (Phi) is 3.62. The molecule has 0 aliphatic heterocycles. The largest absolute Gasteiger partial charge is 0.398 e. The number of hydrogen-bond acceptors (Lipinski definition) is 2. The number of nitrogen functional groups attached to an aromatic ring is 1. The summed E-state index contributed by atoms with van der Waals surface area (Å²) in [4.78, 5) is 4.85. The fourth-order valence-electron chi connectivity index (χ4n) is 3.93. The summed E-state index contributed by atoms with van der Waals surface area (Å²) < 4.78 is 0. The molecule has 0 unspecified atom stereocenters. The molecule has 2 nitrogen and oxygen atoms in total. The van der Waals surface area contributed by atoms with E-state index >= 15 is 0 Å². The number of anilines is 1. The number of aromatic nitrogens is 1.